The number of hydrogen-bond donors (Lipinski definition) is 7. The molecular weight excluding hydrogens is 514 g/mol. The van der Waals surface area contributed by atoms with E-state index in [1.54, 1.807) is 13.8 Å². The molecule has 3 atom stereocenters. The van der Waals surface area contributed by atoms with Crippen molar-refractivity contribution in [2.24, 2.45) is 17.6 Å². The van der Waals surface area contributed by atoms with E-state index >= 15 is 0 Å². The highest BCUT2D eigenvalue weighted by Crippen LogP contribution is 2.17. The molecule has 0 radical (unpaired) electrons. The molecule has 0 unspecified atom stereocenters. The van der Waals surface area contributed by atoms with Gasteiger partial charge >= 0.3 is 5.97 Å². The molecule has 39 heavy (non-hydrogen) atoms. The summed E-state index contributed by atoms with van der Waals surface area (Å²) in [7, 11) is 0. The fraction of sp³-hybridized carbons (Fsp3) is 0.708. The largest absolute Gasteiger partial charge is 0.480 e. The van der Waals surface area contributed by atoms with Crippen LogP contribution in [0.3, 0.4) is 0 Å². The molecule has 15 nitrogen and oxygen atoms in total. The van der Waals surface area contributed by atoms with Gasteiger partial charge in [0, 0.05) is 6.54 Å². The number of carbonyl (C=O) groups excluding carboxylic acids is 6. The van der Waals surface area contributed by atoms with Crippen LogP contribution in [0.1, 0.15) is 47.0 Å². The van der Waals surface area contributed by atoms with E-state index in [1.165, 1.54) is 4.90 Å². The van der Waals surface area contributed by atoms with Crippen LogP contribution in [0.25, 0.3) is 0 Å². The van der Waals surface area contributed by atoms with E-state index in [2.05, 4.69) is 26.6 Å². The fourth-order valence-electron chi connectivity index (χ4n) is 3.95. The Labute approximate surface area is 227 Å². The molecule has 6 amide bonds. The van der Waals surface area contributed by atoms with Gasteiger partial charge in [-0.05, 0) is 31.1 Å². The van der Waals surface area contributed by atoms with Crippen LogP contribution in [-0.2, 0) is 33.6 Å². The first-order valence-corrected chi connectivity index (χ1v) is 12.9. The van der Waals surface area contributed by atoms with Crippen LogP contribution >= 0.6 is 0 Å². The Morgan fingerprint density at radius 2 is 1.51 bits per heavy atom. The third-order valence-electron chi connectivity index (χ3n) is 5.95. The zero-order chi connectivity index (χ0) is 29.7. The number of hydrogen-bond acceptors (Lipinski definition) is 8. The number of nitrogens with zero attached hydrogens (tertiary/aromatic N) is 1. The Morgan fingerprint density at radius 3 is 2.08 bits per heavy atom. The highest BCUT2D eigenvalue weighted by molar-refractivity contribution is 5.94. The maximum absolute atomic E-state index is 12.7. The van der Waals surface area contributed by atoms with Crippen LogP contribution in [0.15, 0.2) is 0 Å². The lowest BCUT2D eigenvalue weighted by atomic mass is 10.0. The van der Waals surface area contributed by atoms with E-state index in [0.29, 0.717) is 25.8 Å². The van der Waals surface area contributed by atoms with Crippen molar-refractivity contribution in [1.82, 2.24) is 31.5 Å². The average Bonchev–Trinajstić information content (AvgIpc) is 3.36. The number of carboxylic acid groups (broad SMARTS) is 1. The maximum Gasteiger partial charge on any atom is 0.326 e. The lowest BCUT2D eigenvalue weighted by Crippen LogP contribution is -2.53. The van der Waals surface area contributed by atoms with Crippen LogP contribution in [0.5, 0.6) is 0 Å². The normalized spacial score (nSPS) is 16.3. The van der Waals surface area contributed by atoms with Crippen LogP contribution in [0.2, 0.25) is 0 Å². The predicted octanol–water partition coefficient (Wildman–Crippen LogP) is -2.96. The first-order chi connectivity index (χ1) is 18.3. The van der Waals surface area contributed by atoms with E-state index in [1.807, 2.05) is 13.8 Å². The lowest BCUT2D eigenvalue weighted by Gasteiger charge is -2.25. The van der Waals surface area contributed by atoms with Crippen LogP contribution in [-0.4, -0.2) is 102 Å². The third kappa shape index (κ3) is 11.7. The van der Waals surface area contributed by atoms with Gasteiger partial charge in [-0.25, -0.2) is 4.79 Å². The van der Waals surface area contributed by atoms with Crippen LogP contribution < -0.4 is 32.3 Å². The predicted molar refractivity (Wildman–Crippen MR) is 139 cm³/mol. The van der Waals surface area contributed by atoms with Gasteiger partial charge in [0.15, 0.2) is 0 Å². The Hall–Kier alpha value is -3.75. The smallest absolute Gasteiger partial charge is 0.326 e. The van der Waals surface area contributed by atoms with Gasteiger partial charge in [-0.3, -0.25) is 28.8 Å². The molecule has 0 aliphatic carbocycles. The molecule has 1 fully saturated rings. The van der Waals surface area contributed by atoms with E-state index in [-0.39, 0.29) is 24.9 Å². The molecule has 0 bridgehead atoms. The molecule has 1 rings (SSSR count). The molecule has 8 N–H and O–H groups in total. The van der Waals surface area contributed by atoms with Gasteiger partial charge in [0.25, 0.3) is 0 Å². The lowest BCUT2D eigenvalue weighted by molar-refractivity contribution is -0.143. The summed E-state index contributed by atoms with van der Waals surface area (Å²) < 4.78 is 0. The third-order valence-corrected chi connectivity index (χ3v) is 5.95. The maximum atomic E-state index is 12.7. The minimum absolute atomic E-state index is 0.0921. The first kappa shape index (κ1) is 33.3. The number of carboxylic acids is 1. The van der Waals surface area contributed by atoms with Crippen molar-refractivity contribution in [1.29, 1.82) is 0 Å². The number of likely N-dealkylation sites (tertiary alicyclic amines) is 1. The molecule has 1 aliphatic heterocycles. The van der Waals surface area contributed by atoms with Gasteiger partial charge in [-0.1, -0.05) is 27.7 Å². The van der Waals surface area contributed by atoms with Gasteiger partial charge in [0.2, 0.25) is 35.4 Å². The summed E-state index contributed by atoms with van der Waals surface area (Å²) in [4.78, 5) is 86.1. The number of nitrogens with one attached hydrogen (secondary N) is 5. The van der Waals surface area contributed by atoms with Crippen LogP contribution in [0, 0.1) is 11.8 Å². The Bertz CT molecular complexity index is 924. The standard InChI is InChI=1S/C24H41N7O8/c1-13(2)8-15(29-17(32)9-25)22(36)28-12-20(35)31-7-5-6-16(31)23(37)27-10-18(33)26-11-19(34)30-21(14(3)4)24(38)39/h13-16,21H,5-12,25H2,1-4H3,(H,26,33)(H,27,37)(H,28,36)(H,29,32)(H,30,34)(H,38,39)/t15-,16-,21-/m0/s1. The molecule has 0 saturated carbocycles. The average molecular weight is 556 g/mol. The zero-order valence-electron chi connectivity index (χ0n) is 22.9. The summed E-state index contributed by atoms with van der Waals surface area (Å²) in [6, 6.07) is -2.79. The molecule has 1 heterocycles. The van der Waals surface area contributed by atoms with E-state index in [9.17, 15) is 33.6 Å². The number of nitrogens with two attached hydrogens (primary N) is 1. The summed E-state index contributed by atoms with van der Waals surface area (Å²) in [5.41, 5.74) is 5.31. The summed E-state index contributed by atoms with van der Waals surface area (Å²) in [5.74, 6) is -4.91. The summed E-state index contributed by atoms with van der Waals surface area (Å²) in [6.45, 7) is 5.73. The van der Waals surface area contributed by atoms with Gasteiger partial charge in [-0.2, -0.15) is 0 Å². The number of carbonyl (C=O) groups is 7. The Kier molecular flexibility index (Phi) is 13.9. The van der Waals surface area contributed by atoms with Crippen LogP contribution in [0.4, 0.5) is 0 Å². The van der Waals surface area contributed by atoms with E-state index in [4.69, 9.17) is 10.8 Å². The van der Waals surface area contributed by atoms with Gasteiger partial charge in [0.05, 0.1) is 26.2 Å². The Balaban J connectivity index is 2.55. The summed E-state index contributed by atoms with van der Waals surface area (Å²) in [6.07, 6.45) is 1.26. The number of aliphatic carboxylic acids is 1. The molecular formula is C24H41N7O8. The highest BCUT2D eigenvalue weighted by Gasteiger charge is 2.34. The molecule has 1 aliphatic rings. The van der Waals surface area contributed by atoms with Gasteiger partial charge in [-0.15, -0.1) is 0 Å². The molecule has 220 valence electrons. The molecule has 0 aromatic rings. The van der Waals surface area contributed by atoms with Crippen molar-refractivity contribution in [3.05, 3.63) is 0 Å². The minimum atomic E-state index is -1.19. The fourth-order valence-corrected chi connectivity index (χ4v) is 3.95. The zero-order valence-corrected chi connectivity index (χ0v) is 22.9. The first-order valence-electron chi connectivity index (χ1n) is 12.9. The SMILES string of the molecule is CC(C)C[C@H](NC(=O)CN)C(=O)NCC(=O)N1CCC[C@H]1C(=O)NCC(=O)NCC(=O)N[C@H](C(=O)O)C(C)C. The summed E-state index contributed by atoms with van der Waals surface area (Å²) in [5, 5.41) is 21.2. The van der Waals surface area contributed by atoms with Crippen molar-refractivity contribution in [3.8, 4) is 0 Å². The molecule has 1 saturated heterocycles. The number of rotatable bonds is 15. The van der Waals surface area contributed by atoms with Gasteiger partial charge in [0.1, 0.15) is 18.1 Å². The second-order valence-electron chi connectivity index (χ2n) is 10.0. The van der Waals surface area contributed by atoms with Crippen molar-refractivity contribution >= 4 is 41.4 Å². The summed E-state index contributed by atoms with van der Waals surface area (Å²) >= 11 is 0. The molecule has 0 aromatic carbocycles. The van der Waals surface area contributed by atoms with E-state index < -0.39 is 72.6 Å². The van der Waals surface area contributed by atoms with Crippen molar-refractivity contribution in [3.63, 3.8) is 0 Å². The Morgan fingerprint density at radius 1 is 0.872 bits per heavy atom. The highest BCUT2D eigenvalue weighted by atomic mass is 16.4. The van der Waals surface area contributed by atoms with Crippen molar-refractivity contribution in [2.75, 3.05) is 32.7 Å². The second kappa shape index (κ2) is 16.3. The van der Waals surface area contributed by atoms with Crippen molar-refractivity contribution < 1.29 is 38.7 Å². The molecule has 0 spiro atoms. The molecule has 0 aromatic heterocycles. The minimum Gasteiger partial charge on any atom is -0.480 e. The van der Waals surface area contributed by atoms with Gasteiger partial charge < -0.3 is 42.3 Å². The quantitative estimate of drug-likeness (QED) is 0.109. The van der Waals surface area contributed by atoms with E-state index in [0.717, 1.165) is 0 Å². The second-order valence-corrected chi connectivity index (χ2v) is 10.0. The number of amides is 6. The molecule has 15 heteroatoms. The topological polar surface area (TPSA) is 229 Å². The monoisotopic (exact) mass is 555 g/mol. The van der Waals surface area contributed by atoms with Crippen molar-refractivity contribution in [2.45, 2.75) is 65.1 Å².